The minimum absolute atomic E-state index is 0.111. The van der Waals surface area contributed by atoms with Gasteiger partial charge in [0, 0.05) is 96.6 Å². The zero-order valence-corrected chi connectivity index (χ0v) is 79.0. The normalized spacial score (nSPS) is 19.7. The lowest BCUT2D eigenvalue weighted by molar-refractivity contribution is 0.0448. The lowest BCUT2D eigenvalue weighted by Crippen LogP contribution is -2.50. The van der Waals surface area contributed by atoms with Crippen molar-refractivity contribution in [2.75, 3.05) is 110 Å². The number of ether oxygens (including phenoxy) is 5. The van der Waals surface area contributed by atoms with Crippen LogP contribution in [-0.2, 0) is 0 Å². The van der Waals surface area contributed by atoms with Gasteiger partial charge < -0.3 is 129 Å². The Morgan fingerprint density at radius 3 is 0.694 bits per heavy atom. The van der Waals surface area contributed by atoms with Gasteiger partial charge in [-0.3, -0.25) is 24.0 Å². The van der Waals surface area contributed by atoms with E-state index >= 15 is 0 Å². The molecule has 0 aromatic carbocycles. The fourth-order valence-corrected chi connectivity index (χ4v) is 15.7. The van der Waals surface area contributed by atoms with Gasteiger partial charge in [0.1, 0.15) is 127 Å². The molecule has 5 amide bonds. The molecule has 0 unspecified atom stereocenters. The maximum absolute atomic E-state index is 12.7. The van der Waals surface area contributed by atoms with Gasteiger partial charge >= 0.3 is 0 Å². The fourth-order valence-electron chi connectivity index (χ4n) is 15.7. The van der Waals surface area contributed by atoms with Crippen LogP contribution in [0.2, 0.25) is 0 Å². The number of aliphatic hydroxyl groups is 5. The maximum atomic E-state index is 12.7. The van der Waals surface area contributed by atoms with Crippen LogP contribution < -0.4 is 103 Å². The van der Waals surface area contributed by atoms with Crippen molar-refractivity contribution in [1.82, 2.24) is 124 Å². The van der Waals surface area contributed by atoms with Gasteiger partial charge in [-0.15, -0.1) is 0 Å². The van der Waals surface area contributed by atoms with Gasteiger partial charge in [0.05, 0.1) is 117 Å². The second kappa shape index (κ2) is 43.4. The van der Waals surface area contributed by atoms with Crippen LogP contribution in [-0.4, -0.2) is 282 Å². The first kappa shape index (κ1) is 93.3. The second-order valence-corrected chi connectivity index (χ2v) is 34.5. The summed E-state index contributed by atoms with van der Waals surface area (Å²) in [7, 11) is 9.17. The van der Waals surface area contributed by atoms with E-state index in [2.05, 4.69) is 155 Å². The van der Waals surface area contributed by atoms with E-state index in [9.17, 15) is 49.5 Å². The summed E-state index contributed by atoms with van der Waals surface area (Å²) in [6.45, 7) is 0. The molecule has 22 rings (SSSR count). The molecular weight excluding hydrogens is 1860 g/mol. The maximum Gasteiger partial charge on any atom is 0.257 e. The summed E-state index contributed by atoms with van der Waals surface area (Å²) >= 11 is 0. The molecule has 144 heavy (non-hydrogen) atoms. The molecule has 7 aliphatic carbocycles. The number of fused-ring (bicyclic) bond motifs is 5. The van der Waals surface area contributed by atoms with E-state index < -0.39 is 43.5 Å². The van der Waals surface area contributed by atoms with Gasteiger partial charge in [0.2, 0.25) is 29.4 Å². The molecule has 15 aromatic rings. The molecule has 0 spiro atoms. The van der Waals surface area contributed by atoms with Gasteiger partial charge in [-0.2, -0.15) is 48.1 Å². The topological polar surface area (TPSA) is 628 Å². The molecule has 0 saturated heterocycles. The van der Waals surface area contributed by atoms with Crippen LogP contribution in [0.5, 0.6) is 29.4 Å². The number of methoxy groups -OCH3 is 3. The van der Waals surface area contributed by atoms with Crippen LogP contribution in [0.1, 0.15) is 146 Å². The van der Waals surface area contributed by atoms with E-state index in [0.29, 0.717) is 194 Å². The molecule has 7 fully saturated rings. The van der Waals surface area contributed by atoms with Crippen molar-refractivity contribution < 1.29 is 77.3 Å². The van der Waals surface area contributed by atoms with E-state index in [1.807, 2.05) is 36.4 Å². The first-order valence-electron chi connectivity index (χ1n) is 48.2. The Morgan fingerprint density at radius 2 is 0.514 bits per heavy atom. The molecule has 20 N–H and O–H groups in total. The summed E-state index contributed by atoms with van der Waals surface area (Å²) in [5, 5.41) is 115. The smallest absolute Gasteiger partial charge is 0.257 e. The lowest BCUT2D eigenvalue weighted by atomic mass is 9.89. The van der Waals surface area contributed by atoms with Crippen LogP contribution in [0.25, 0.3) is 28.2 Å². The number of pyridine rings is 5. The monoisotopic (exact) mass is 1970 g/mol. The average Bonchev–Trinajstić information content (AvgIpc) is 1.65. The highest BCUT2D eigenvalue weighted by molar-refractivity contribution is 6.04. The molecule has 0 radical (unpaired) electrons. The number of hydrogen-bond donors (Lipinski definition) is 20. The average molecular weight is 1970 g/mol. The number of hydrogen-bond acceptors (Lipinski definition) is 40. The molecule has 50 nitrogen and oxygen atoms in total. The Balaban J connectivity index is 0.000000120. The summed E-state index contributed by atoms with van der Waals surface area (Å²) in [6.07, 6.45) is 24.6. The zero-order chi connectivity index (χ0) is 103. The SMILES string of the molecule is CNc1cc(Nc2cccnc2OC)nc2c(C(=O)N[C@@H]3CC[C@H]3O)cnn12.CNc1cc(Nc2cccnc2OC)nc2c(C(=O)N[C@H]3CC[C@@H]3O)cnn12.CNc1cc(Nc2cccnc2OC2CC2)nc2c(C(=O)N[C@@H]3CC[C@@H]3O)cnn12.CNc1cc(Nc2cccnc2OC2CC2)nc2c(C(=O)N[C@H]3CC[C@@H]3O)cnn12.[2H]C([2H])([2H])Oc1ncccc1Nc1cc(NC)n2ncc(C(=O)N[C@@H]3CC[C@@H]3O)c2n1. The van der Waals surface area contributed by atoms with Gasteiger partial charge in [0.25, 0.3) is 29.5 Å². The summed E-state index contributed by atoms with van der Waals surface area (Å²) in [4.78, 5) is 107. The molecule has 15 heterocycles. The first-order valence-corrected chi connectivity index (χ1v) is 46.7. The number of aromatic nitrogens is 20. The van der Waals surface area contributed by atoms with Crippen molar-refractivity contribution in [3.63, 3.8) is 0 Å². The number of amides is 5. The summed E-state index contributed by atoms with van der Waals surface area (Å²) in [5.74, 6) is 5.72. The molecule has 7 saturated carbocycles. The quantitative estimate of drug-likeness (QED) is 0.0203. The van der Waals surface area contributed by atoms with E-state index in [1.54, 1.807) is 133 Å². The highest BCUT2D eigenvalue weighted by Crippen LogP contribution is 2.38. The van der Waals surface area contributed by atoms with Crippen LogP contribution in [0.3, 0.4) is 0 Å². The third-order valence-corrected chi connectivity index (χ3v) is 24.9. The highest BCUT2D eigenvalue weighted by atomic mass is 16.5. The first-order chi connectivity index (χ1) is 71.2. The predicted molar refractivity (Wildman–Crippen MR) is 530 cm³/mol. The summed E-state index contributed by atoms with van der Waals surface area (Å²) in [6, 6.07) is 25.4. The van der Waals surface area contributed by atoms with E-state index in [-0.39, 0.29) is 83.1 Å². The molecule has 7 aliphatic rings. The third-order valence-electron chi connectivity index (χ3n) is 24.9. The number of aliphatic hydroxyl groups excluding tert-OH is 5. The highest BCUT2D eigenvalue weighted by Gasteiger charge is 2.38. The Hall–Kier alpha value is -17.0. The van der Waals surface area contributed by atoms with Crippen molar-refractivity contribution in [2.24, 2.45) is 0 Å². The molecule has 0 aliphatic heterocycles. The van der Waals surface area contributed by atoms with E-state index in [1.165, 1.54) is 55.9 Å². The van der Waals surface area contributed by atoms with Crippen molar-refractivity contribution in [2.45, 2.75) is 163 Å². The van der Waals surface area contributed by atoms with Crippen molar-refractivity contribution in [3.8, 4) is 29.4 Å². The molecule has 15 aromatic heterocycles. The minimum Gasteiger partial charge on any atom is -0.480 e. The molecule has 0 bridgehead atoms. The lowest BCUT2D eigenvalue weighted by Gasteiger charge is -2.32. The van der Waals surface area contributed by atoms with Crippen molar-refractivity contribution in [1.29, 1.82) is 0 Å². The largest absolute Gasteiger partial charge is 0.480 e. The van der Waals surface area contributed by atoms with Crippen LogP contribution in [0.4, 0.5) is 86.6 Å². The van der Waals surface area contributed by atoms with E-state index in [0.717, 1.165) is 51.4 Å². The molecule has 750 valence electrons. The third kappa shape index (κ3) is 21.6. The van der Waals surface area contributed by atoms with Crippen LogP contribution in [0, 0.1) is 0 Å². The molecular formula is C94H109N35O15. The number of anilines is 15. The molecule has 50 heteroatoms. The number of nitrogens with zero attached hydrogens (tertiary/aromatic N) is 20. The Kier molecular flexibility index (Phi) is 28.1. The van der Waals surface area contributed by atoms with Crippen LogP contribution in [0.15, 0.2) is 153 Å². The Labute approximate surface area is 825 Å². The van der Waals surface area contributed by atoms with Crippen molar-refractivity contribution >= 4 is 144 Å². The van der Waals surface area contributed by atoms with E-state index in [4.69, 9.17) is 27.8 Å². The summed E-state index contributed by atoms with van der Waals surface area (Å²) in [5.41, 5.74) is 6.45. The minimum atomic E-state index is -2.67. The number of rotatable bonds is 32. The fraction of sp³-hybridized carbons (Fsp3) is 0.362. The van der Waals surface area contributed by atoms with Gasteiger partial charge in [-0.1, -0.05) is 0 Å². The number of carbonyl (C=O) groups is 5. The Morgan fingerprint density at radius 1 is 0.306 bits per heavy atom. The molecule has 10 atom stereocenters. The Bertz CT molecular complexity index is 6990. The second-order valence-electron chi connectivity index (χ2n) is 34.5. The van der Waals surface area contributed by atoms with Gasteiger partial charge in [0.15, 0.2) is 28.2 Å². The standard InChI is InChI=1S/2C20H23N7O3.3C18H21N7O3/c2*1-21-17-9-16(24-14-3-2-8-22-20(14)30-11-4-5-11)26-18-12(10-23-27(17)18)19(29)25-13-6-7-15(13)28;3*1-19-15-8-14(22-12-4-3-7-20-18(12)28-2)24-16-10(9-21-25(15)16)17(27)23-11-5-6-13(11)26/h2*2-3,8-11,13,15,21,28H,4-7H2,1H3,(H,24,26)(H,25,29);3*3-4,7-9,11,13,19,26H,5-6H2,1-2H3,(H,22,24)(H,23,27)/t13-,15+;13-,15-;11-,13+;2*11-,13-/m10110/s1/i;;2D3;;. The zero-order valence-electron chi connectivity index (χ0n) is 82.0. The number of nitrogens with one attached hydrogen (secondary N) is 15. The predicted octanol–water partition coefficient (Wildman–Crippen LogP) is 6.92. The summed E-state index contributed by atoms with van der Waals surface area (Å²) < 4.78 is 56.8. The number of carbonyl (C=O) groups excluding carboxylic acids is 5. The van der Waals surface area contributed by atoms with Crippen LogP contribution >= 0.6 is 0 Å². The van der Waals surface area contributed by atoms with Gasteiger partial charge in [-0.25, -0.2) is 49.8 Å². The van der Waals surface area contributed by atoms with Crippen molar-refractivity contribution in [3.05, 3.63) is 181 Å². The van der Waals surface area contributed by atoms with Gasteiger partial charge in [-0.05, 0) is 151 Å².